The Hall–Kier alpha value is -2.68. The Labute approximate surface area is 142 Å². The van der Waals surface area contributed by atoms with Gasteiger partial charge in [0.25, 0.3) is 0 Å². The van der Waals surface area contributed by atoms with Gasteiger partial charge in [-0.2, -0.15) is 10.4 Å². The highest BCUT2D eigenvalue weighted by Gasteiger charge is 2.14. The van der Waals surface area contributed by atoms with Crippen LogP contribution in [0.3, 0.4) is 0 Å². The van der Waals surface area contributed by atoms with E-state index in [1.807, 2.05) is 19.9 Å². The van der Waals surface area contributed by atoms with Gasteiger partial charge in [0.15, 0.2) is 5.82 Å². The highest BCUT2D eigenvalue weighted by molar-refractivity contribution is 5.57. The average Bonchev–Trinajstić information content (AvgIpc) is 2.58. The van der Waals surface area contributed by atoms with Crippen LogP contribution in [0, 0.1) is 17.1 Å². The second-order valence-electron chi connectivity index (χ2n) is 5.70. The Morgan fingerprint density at radius 2 is 1.96 bits per heavy atom. The van der Waals surface area contributed by atoms with Gasteiger partial charge in [-0.3, -0.25) is 0 Å². The van der Waals surface area contributed by atoms with Crippen LogP contribution in [0.1, 0.15) is 36.2 Å². The third-order valence-corrected chi connectivity index (χ3v) is 3.91. The normalized spacial score (nSPS) is 10.3. The molecular weight excluding hydrogens is 305 g/mol. The minimum Gasteiger partial charge on any atom is -0.375 e. The molecule has 1 aromatic carbocycles. The van der Waals surface area contributed by atoms with Crippen LogP contribution in [0.25, 0.3) is 0 Å². The van der Waals surface area contributed by atoms with Crippen LogP contribution in [-0.4, -0.2) is 24.3 Å². The molecule has 0 aliphatic carbocycles. The number of hydrogen-bond acceptors (Lipinski definition) is 5. The van der Waals surface area contributed by atoms with Gasteiger partial charge in [0.05, 0.1) is 11.4 Å². The summed E-state index contributed by atoms with van der Waals surface area (Å²) in [5.74, 6) is 0.171. The maximum Gasteiger partial charge on any atom is 0.167 e. The molecule has 0 atom stereocenters. The molecular formula is C18H22FN5. The Morgan fingerprint density at radius 3 is 2.50 bits per heavy atom. The van der Waals surface area contributed by atoms with Gasteiger partial charge in [0.2, 0.25) is 0 Å². The van der Waals surface area contributed by atoms with E-state index in [1.165, 1.54) is 6.07 Å². The van der Waals surface area contributed by atoms with Crippen LogP contribution < -0.4 is 10.2 Å². The molecule has 1 aromatic heterocycles. The molecule has 1 heterocycles. The SMILES string of the molecule is CCc1nnc(NCc2ccc(N(C)C)c(F)c2)c(C#N)c1CC. The molecule has 0 aliphatic heterocycles. The van der Waals surface area contributed by atoms with Gasteiger partial charge in [-0.05, 0) is 36.1 Å². The summed E-state index contributed by atoms with van der Waals surface area (Å²) in [6.45, 7) is 4.37. The van der Waals surface area contributed by atoms with Gasteiger partial charge in [-0.25, -0.2) is 4.39 Å². The van der Waals surface area contributed by atoms with Crippen molar-refractivity contribution in [3.8, 4) is 6.07 Å². The molecule has 1 N–H and O–H groups in total. The summed E-state index contributed by atoms with van der Waals surface area (Å²) < 4.78 is 14.0. The van der Waals surface area contributed by atoms with Crippen molar-refractivity contribution in [1.82, 2.24) is 10.2 Å². The molecule has 126 valence electrons. The quantitative estimate of drug-likeness (QED) is 0.882. The first-order chi connectivity index (χ1) is 11.5. The third kappa shape index (κ3) is 3.62. The van der Waals surface area contributed by atoms with Gasteiger partial charge < -0.3 is 10.2 Å². The van der Waals surface area contributed by atoms with Gasteiger partial charge >= 0.3 is 0 Å². The summed E-state index contributed by atoms with van der Waals surface area (Å²) in [6, 6.07) is 7.30. The maximum absolute atomic E-state index is 14.0. The van der Waals surface area contributed by atoms with Gasteiger partial charge in [-0.15, -0.1) is 5.10 Å². The van der Waals surface area contributed by atoms with Crippen LogP contribution in [0.5, 0.6) is 0 Å². The summed E-state index contributed by atoms with van der Waals surface area (Å²) >= 11 is 0. The number of nitrogens with one attached hydrogen (secondary N) is 1. The minimum absolute atomic E-state index is 0.276. The fourth-order valence-electron chi connectivity index (χ4n) is 2.63. The number of hydrogen-bond donors (Lipinski definition) is 1. The molecule has 5 nitrogen and oxygen atoms in total. The molecule has 2 aromatic rings. The Kier molecular flexibility index (Phi) is 5.69. The largest absolute Gasteiger partial charge is 0.375 e. The standard InChI is InChI=1S/C18H22FN5/c1-5-13-14(10-20)18(23-22-16(13)6-2)21-11-12-7-8-17(24(3)4)15(19)9-12/h7-9H,5-6,11H2,1-4H3,(H,21,23). The van der Waals surface area contributed by atoms with Crippen LogP contribution in [-0.2, 0) is 19.4 Å². The summed E-state index contributed by atoms with van der Waals surface area (Å²) in [7, 11) is 3.60. The summed E-state index contributed by atoms with van der Waals surface area (Å²) in [6.07, 6.45) is 1.46. The van der Waals surface area contributed by atoms with E-state index in [9.17, 15) is 9.65 Å². The number of halogens is 1. The summed E-state index contributed by atoms with van der Waals surface area (Å²) in [5, 5.41) is 20.9. The number of aryl methyl sites for hydroxylation is 1. The van der Waals surface area contributed by atoms with Crippen LogP contribution in [0.4, 0.5) is 15.9 Å². The Bertz CT molecular complexity index is 765. The van der Waals surface area contributed by atoms with E-state index in [4.69, 9.17) is 0 Å². The first kappa shape index (κ1) is 17.7. The van der Waals surface area contributed by atoms with Gasteiger partial charge in [-0.1, -0.05) is 19.9 Å². The smallest absolute Gasteiger partial charge is 0.167 e. The number of aromatic nitrogens is 2. The van der Waals surface area contributed by atoms with Crippen molar-refractivity contribution in [3.05, 3.63) is 46.4 Å². The highest BCUT2D eigenvalue weighted by atomic mass is 19.1. The first-order valence-electron chi connectivity index (χ1n) is 7.99. The van der Waals surface area contributed by atoms with E-state index in [0.717, 1.165) is 29.7 Å². The van der Waals surface area contributed by atoms with Crippen molar-refractivity contribution in [1.29, 1.82) is 5.26 Å². The molecule has 0 unspecified atom stereocenters. The van der Waals surface area contributed by atoms with Crippen molar-refractivity contribution in [2.75, 3.05) is 24.3 Å². The zero-order chi connectivity index (χ0) is 17.7. The van der Waals surface area contributed by atoms with Gasteiger partial charge in [0.1, 0.15) is 17.4 Å². The number of rotatable bonds is 6. The highest BCUT2D eigenvalue weighted by Crippen LogP contribution is 2.22. The predicted octanol–water partition coefficient (Wildman–Crippen LogP) is 3.29. The number of anilines is 2. The Balaban J connectivity index is 2.24. The molecule has 2 rings (SSSR count). The van der Waals surface area contributed by atoms with Crippen molar-refractivity contribution in [3.63, 3.8) is 0 Å². The monoisotopic (exact) mass is 327 g/mol. The molecule has 6 heteroatoms. The average molecular weight is 327 g/mol. The van der Waals surface area contributed by atoms with Crippen molar-refractivity contribution < 1.29 is 4.39 Å². The lowest BCUT2D eigenvalue weighted by Gasteiger charge is -2.15. The molecule has 0 aliphatic rings. The topological polar surface area (TPSA) is 64.8 Å². The molecule has 0 amide bonds. The van der Waals surface area contributed by atoms with E-state index < -0.39 is 0 Å². The zero-order valence-corrected chi connectivity index (χ0v) is 14.5. The lowest BCUT2D eigenvalue weighted by atomic mass is 10.0. The molecule has 24 heavy (non-hydrogen) atoms. The van der Waals surface area contributed by atoms with Crippen LogP contribution in [0.2, 0.25) is 0 Å². The molecule has 0 bridgehead atoms. The first-order valence-corrected chi connectivity index (χ1v) is 7.99. The zero-order valence-electron chi connectivity index (χ0n) is 14.5. The van der Waals surface area contributed by atoms with E-state index in [2.05, 4.69) is 21.6 Å². The predicted molar refractivity (Wildman–Crippen MR) is 93.6 cm³/mol. The molecule has 0 radical (unpaired) electrons. The molecule has 0 saturated carbocycles. The van der Waals surface area contributed by atoms with E-state index >= 15 is 0 Å². The van der Waals surface area contributed by atoms with Crippen LogP contribution >= 0.6 is 0 Å². The minimum atomic E-state index is -0.276. The van der Waals surface area contributed by atoms with Crippen LogP contribution in [0.15, 0.2) is 18.2 Å². The van der Waals surface area contributed by atoms with Gasteiger partial charge in [0, 0.05) is 20.6 Å². The van der Waals surface area contributed by atoms with Crippen molar-refractivity contribution in [2.45, 2.75) is 33.2 Å². The second kappa shape index (κ2) is 7.73. The summed E-state index contributed by atoms with van der Waals surface area (Å²) in [4.78, 5) is 1.73. The summed E-state index contributed by atoms with van der Waals surface area (Å²) in [5.41, 5.74) is 3.61. The number of benzene rings is 1. The van der Waals surface area contributed by atoms with E-state index in [1.54, 1.807) is 25.1 Å². The number of nitrogens with zero attached hydrogens (tertiary/aromatic N) is 4. The fourth-order valence-corrected chi connectivity index (χ4v) is 2.63. The number of nitriles is 1. The van der Waals surface area contributed by atoms with Crippen molar-refractivity contribution >= 4 is 11.5 Å². The lowest BCUT2D eigenvalue weighted by Crippen LogP contribution is -2.12. The third-order valence-electron chi connectivity index (χ3n) is 3.91. The molecule has 0 saturated heterocycles. The lowest BCUT2D eigenvalue weighted by molar-refractivity contribution is 0.624. The fraction of sp³-hybridized carbons (Fsp3) is 0.389. The van der Waals surface area contributed by atoms with E-state index in [-0.39, 0.29) is 5.82 Å². The Morgan fingerprint density at radius 1 is 1.21 bits per heavy atom. The molecule has 0 fully saturated rings. The second-order valence-corrected chi connectivity index (χ2v) is 5.70. The maximum atomic E-state index is 14.0. The van der Waals surface area contributed by atoms with Crippen molar-refractivity contribution in [2.24, 2.45) is 0 Å². The van der Waals surface area contributed by atoms with E-state index in [0.29, 0.717) is 23.6 Å². The molecule has 0 spiro atoms.